The third-order valence-corrected chi connectivity index (χ3v) is 10.7. The van der Waals surface area contributed by atoms with Crippen LogP contribution in [0.4, 0.5) is 0 Å². The van der Waals surface area contributed by atoms with Gasteiger partial charge >= 0.3 is 5.97 Å². The van der Waals surface area contributed by atoms with E-state index in [0.29, 0.717) is 36.9 Å². The number of ether oxygens (including phenoxy) is 3. The molecule has 0 saturated carbocycles. The number of benzene rings is 3. The maximum atomic E-state index is 14.0. The van der Waals surface area contributed by atoms with E-state index in [0.717, 1.165) is 128 Å². The summed E-state index contributed by atoms with van der Waals surface area (Å²) in [5.41, 5.74) is 6.91. The predicted octanol–water partition coefficient (Wildman–Crippen LogP) is 7.62. The van der Waals surface area contributed by atoms with Crippen molar-refractivity contribution in [1.82, 2.24) is 24.1 Å². The van der Waals surface area contributed by atoms with Gasteiger partial charge in [0.15, 0.2) is 0 Å². The number of halogens is 1. The zero-order valence-electron chi connectivity index (χ0n) is 30.3. The number of esters is 1. The molecule has 4 heterocycles. The van der Waals surface area contributed by atoms with Crippen molar-refractivity contribution < 1.29 is 19.0 Å². The summed E-state index contributed by atoms with van der Waals surface area (Å²) in [4.78, 5) is 18.8. The Bertz CT molecular complexity index is 1990. The Morgan fingerprint density at radius 2 is 1.73 bits per heavy atom. The van der Waals surface area contributed by atoms with Gasteiger partial charge in [-0.2, -0.15) is 5.10 Å². The van der Waals surface area contributed by atoms with Gasteiger partial charge in [0.1, 0.15) is 11.4 Å². The second-order valence-corrected chi connectivity index (χ2v) is 14.1. The fraction of sp³-hybridized carbons (Fsp3) is 0.463. The van der Waals surface area contributed by atoms with Gasteiger partial charge in [-0.05, 0) is 75.7 Å². The molecule has 2 aliphatic heterocycles. The lowest BCUT2D eigenvalue weighted by Gasteiger charge is -2.27. The molecule has 0 amide bonds. The summed E-state index contributed by atoms with van der Waals surface area (Å²) in [5, 5.41) is 9.23. The van der Waals surface area contributed by atoms with Gasteiger partial charge in [0.2, 0.25) is 0 Å². The molecule has 0 N–H and O–H groups in total. The number of nitrogens with zero attached hydrogens (tertiary/aromatic N) is 5. The van der Waals surface area contributed by atoms with Crippen molar-refractivity contribution in [3.8, 4) is 16.9 Å². The summed E-state index contributed by atoms with van der Waals surface area (Å²) in [7, 11) is 2.19. The third-order valence-electron chi connectivity index (χ3n) is 10.4. The molecule has 7 rings (SSSR count). The van der Waals surface area contributed by atoms with Gasteiger partial charge < -0.3 is 23.7 Å². The van der Waals surface area contributed by atoms with Crippen LogP contribution in [0.2, 0.25) is 5.02 Å². The fourth-order valence-electron chi connectivity index (χ4n) is 7.87. The van der Waals surface area contributed by atoms with Crippen LogP contribution in [-0.2, 0) is 41.9 Å². The molecule has 9 nitrogen and oxygen atoms in total. The summed E-state index contributed by atoms with van der Waals surface area (Å²) in [6.45, 7) is 12.4. The number of aryl methyl sites for hydroxylation is 3. The molecule has 5 aromatic rings. The number of aromatic nitrogens is 3. The highest BCUT2D eigenvalue weighted by molar-refractivity contribution is 6.35. The monoisotopic (exact) mass is 711 g/mol. The first kappa shape index (κ1) is 35.5. The molecule has 1 fully saturated rings. The first-order valence-corrected chi connectivity index (χ1v) is 19.0. The molecule has 2 aromatic heterocycles. The van der Waals surface area contributed by atoms with Gasteiger partial charge in [-0.3, -0.25) is 9.58 Å². The minimum Gasteiger partial charge on any atom is -0.493 e. The quantitative estimate of drug-likeness (QED) is 0.103. The summed E-state index contributed by atoms with van der Waals surface area (Å²) >= 11 is 7.29. The molecule has 0 unspecified atom stereocenters. The van der Waals surface area contributed by atoms with Crippen molar-refractivity contribution in [2.24, 2.45) is 0 Å². The molecule has 0 aliphatic carbocycles. The number of carbonyl (C=O) groups is 1. The molecule has 51 heavy (non-hydrogen) atoms. The highest BCUT2D eigenvalue weighted by Gasteiger charge is 2.30. The van der Waals surface area contributed by atoms with E-state index < -0.39 is 0 Å². The second-order valence-electron chi connectivity index (χ2n) is 13.7. The lowest BCUT2D eigenvalue weighted by atomic mass is 9.97. The van der Waals surface area contributed by atoms with Crippen LogP contribution in [0.5, 0.6) is 5.75 Å². The van der Waals surface area contributed by atoms with E-state index in [1.54, 1.807) is 0 Å². The Morgan fingerprint density at radius 1 is 0.922 bits per heavy atom. The highest BCUT2D eigenvalue weighted by Crippen LogP contribution is 2.43. The number of carbonyl (C=O) groups excluding carboxylic acids is 1. The topological polar surface area (TPSA) is 74.0 Å². The number of hydrogen-bond acceptors (Lipinski definition) is 7. The molecular formula is C41H50ClN5O4. The summed E-state index contributed by atoms with van der Waals surface area (Å²) in [5.74, 6) is 0.588. The molecule has 0 radical (unpaired) electrons. The Balaban J connectivity index is 1.32. The van der Waals surface area contributed by atoms with Crippen molar-refractivity contribution in [3.05, 3.63) is 82.3 Å². The van der Waals surface area contributed by atoms with Gasteiger partial charge in [-0.25, -0.2) is 4.79 Å². The number of rotatable bonds is 11. The number of hydrogen-bond donors (Lipinski definition) is 0. The molecule has 270 valence electrons. The molecule has 0 atom stereocenters. The number of fused-ring (bicyclic) bond motifs is 3. The normalized spacial score (nSPS) is 15.9. The van der Waals surface area contributed by atoms with Crippen LogP contribution < -0.4 is 4.74 Å². The highest BCUT2D eigenvalue weighted by atomic mass is 35.5. The van der Waals surface area contributed by atoms with Crippen molar-refractivity contribution in [3.63, 3.8) is 0 Å². The van der Waals surface area contributed by atoms with Crippen molar-refractivity contribution in [2.75, 3.05) is 59.7 Å². The first-order valence-electron chi connectivity index (χ1n) is 18.7. The summed E-state index contributed by atoms with van der Waals surface area (Å²) < 4.78 is 22.2. The van der Waals surface area contributed by atoms with Crippen LogP contribution >= 0.6 is 11.6 Å². The zero-order chi connectivity index (χ0) is 35.3. The van der Waals surface area contributed by atoms with Crippen LogP contribution in [-0.4, -0.2) is 89.8 Å². The Morgan fingerprint density at radius 3 is 2.55 bits per heavy atom. The third kappa shape index (κ3) is 7.40. The molecule has 0 spiro atoms. The standard InChI is InChI=1S/C41H50ClN5O4/c1-4-34-38-35(47(43-34)22-21-45-23-26-49-27-24-45)28-44(3)19-8-9-20-46-39-32(17-18-33(42)37(38)39)31(40(46)41(48)50-5-2)15-11-25-51-36-16-10-13-29-12-6-7-14-30(29)36/h6-7,10,12-14,16-18H,4-5,8-9,11,15,19-28H2,1-3H3. The van der Waals surface area contributed by atoms with Crippen LogP contribution in [0, 0.1) is 0 Å². The van der Waals surface area contributed by atoms with Gasteiger partial charge in [-0.1, -0.05) is 61.0 Å². The van der Waals surface area contributed by atoms with Crippen molar-refractivity contribution in [2.45, 2.75) is 65.6 Å². The summed E-state index contributed by atoms with van der Waals surface area (Å²) in [6, 6.07) is 18.6. The van der Waals surface area contributed by atoms with E-state index in [9.17, 15) is 4.79 Å². The van der Waals surface area contributed by atoms with E-state index in [2.05, 4.69) is 57.3 Å². The maximum absolute atomic E-state index is 14.0. The SMILES string of the molecule is CCOC(=O)c1c(CCCOc2cccc3ccccc23)c2ccc(Cl)c3c2n1CCCCN(C)Cc1c-3c(CC)nn1CCN1CCOCC1. The maximum Gasteiger partial charge on any atom is 0.355 e. The zero-order valence-corrected chi connectivity index (χ0v) is 31.0. The van der Waals surface area contributed by atoms with Crippen LogP contribution in [0.1, 0.15) is 60.5 Å². The first-order chi connectivity index (χ1) is 25.0. The molecule has 10 heteroatoms. The molecule has 0 bridgehead atoms. The van der Waals surface area contributed by atoms with Gasteiger partial charge in [0.05, 0.1) is 54.9 Å². The Labute approximate surface area is 306 Å². The number of morpholine rings is 1. The minimum absolute atomic E-state index is 0.287. The molecular weight excluding hydrogens is 662 g/mol. The summed E-state index contributed by atoms with van der Waals surface area (Å²) in [6.07, 6.45) is 4.10. The van der Waals surface area contributed by atoms with Gasteiger partial charge in [-0.15, -0.1) is 0 Å². The molecule has 3 aromatic carbocycles. The predicted molar refractivity (Wildman–Crippen MR) is 204 cm³/mol. The van der Waals surface area contributed by atoms with E-state index in [1.807, 2.05) is 37.3 Å². The van der Waals surface area contributed by atoms with Gasteiger partial charge in [0, 0.05) is 54.6 Å². The van der Waals surface area contributed by atoms with Gasteiger partial charge in [0.25, 0.3) is 0 Å². The van der Waals surface area contributed by atoms with Crippen LogP contribution in [0.3, 0.4) is 0 Å². The Kier molecular flexibility index (Phi) is 11.3. The van der Waals surface area contributed by atoms with E-state index in [1.165, 1.54) is 5.69 Å². The van der Waals surface area contributed by atoms with Crippen molar-refractivity contribution >= 4 is 39.2 Å². The minimum atomic E-state index is -0.287. The lowest BCUT2D eigenvalue weighted by molar-refractivity contribution is 0.0358. The second kappa shape index (κ2) is 16.2. The average molecular weight is 712 g/mol. The van der Waals surface area contributed by atoms with Crippen molar-refractivity contribution in [1.29, 1.82) is 0 Å². The largest absolute Gasteiger partial charge is 0.493 e. The van der Waals surface area contributed by atoms with E-state index in [-0.39, 0.29) is 5.97 Å². The molecule has 1 saturated heterocycles. The van der Waals surface area contributed by atoms with E-state index >= 15 is 0 Å². The smallest absolute Gasteiger partial charge is 0.355 e. The molecule has 2 aliphatic rings. The average Bonchev–Trinajstić information content (AvgIpc) is 3.64. The fourth-order valence-corrected chi connectivity index (χ4v) is 8.12. The van der Waals surface area contributed by atoms with E-state index in [4.69, 9.17) is 30.9 Å². The van der Waals surface area contributed by atoms with Crippen LogP contribution in [0.25, 0.3) is 32.8 Å². The van der Waals surface area contributed by atoms with Crippen LogP contribution in [0.15, 0.2) is 54.6 Å². The Hall–Kier alpha value is -3.89. The lowest BCUT2D eigenvalue weighted by Crippen LogP contribution is -2.38.